The fourth-order valence-electron chi connectivity index (χ4n) is 2.47. The fraction of sp³-hybridized carbons (Fsp3) is 0.571. The summed E-state index contributed by atoms with van der Waals surface area (Å²) in [5, 5.41) is 2.93. The molecule has 1 aliphatic rings. The summed E-state index contributed by atoms with van der Waals surface area (Å²) in [4.78, 5) is 1.22. The quantitative estimate of drug-likeness (QED) is 0.815. The van der Waals surface area contributed by atoms with Crippen molar-refractivity contribution in [2.24, 2.45) is 0 Å². The molecule has 1 saturated heterocycles. The molecule has 1 heterocycles. The normalized spacial score (nSPS) is 18.7. The molecule has 0 aromatic heterocycles. The van der Waals surface area contributed by atoms with E-state index in [-0.39, 0.29) is 18.7 Å². The molecule has 0 aliphatic carbocycles. The number of hydrogen-bond donors (Lipinski definition) is 1. The Balaban J connectivity index is 2.19. The topological polar surface area (TPSA) is 24.5 Å². The van der Waals surface area contributed by atoms with Crippen LogP contribution in [0.4, 0.5) is 30.7 Å². The first-order chi connectivity index (χ1) is 11.1. The van der Waals surface area contributed by atoms with Gasteiger partial charge in [-0.2, -0.15) is 30.7 Å². The lowest BCUT2D eigenvalue weighted by atomic mass is 10.0. The van der Waals surface area contributed by atoms with Gasteiger partial charge in [0.05, 0.1) is 0 Å². The molecule has 1 aromatic carbocycles. The highest BCUT2D eigenvalue weighted by Gasteiger charge is 2.46. The number of piperazine rings is 1. The van der Waals surface area contributed by atoms with E-state index in [0.29, 0.717) is 13.1 Å². The van der Waals surface area contributed by atoms with Crippen LogP contribution in [0.15, 0.2) is 24.3 Å². The minimum Gasteiger partial charge on any atom is -0.428 e. The summed E-state index contributed by atoms with van der Waals surface area (Å²) < 4.78 is 93.7. The average Bonchev–Trinajstić information content (AvgIpc) is 2.48. The number of rotatable bonds is 5. The molecule has 1 N–H and O–H groups in total. The van der Waals surface area contributed by atoms with Gasteiger partial charge in [-0.05, 0) is 17.7 Å². The summed E-state index contributed by atoms with van der Waals surface area (Å²) in [7, 11) is 0. The number of nitrogens with one attached hydrogen (secondary N) is 1. The van der Waals surface area contributed by atoms with Crippen molar-refractivity contribution in [2.75, 3.05) is 26.2 Å². The first-order valence-electron chi connectivity index (χ1n) is 7.07. The maximum absolute atomic E-state index is 13.4. The second-order valence-electron chi connectivity index (χ2n) is 5.26. The highest BCUT2D eigenvalue weighted by atomic mass is 19.4. The van der Waals surface area contributed by atoms with Crippen LogP contribution in [0.25, 0.3) is 0 Å². The molecule has 1 aliphatic heterocycles. The van der Waals surface area contributed by atoms with Crippen molar-refractivity contribution >= 4 is 0 Å². The van der Waals surface area contributed by atoms with Gasteiger partial charge in [0.1, 0.15) is 11.8 Å². The van der Waals surface area contributed by atoms with Gasteiger partial charge in [-0.1, -0.05) is 12.1 Å². The van der Waals surface area contributed by atoms with Crippen molar-refractivity contribution in [1.82, 2.24) is 10.2 Å². The molecule has 0 amide bonds. The van der Waals surface area contributed by atoms with E-state index in [0.717, 1.165) is 24.3 Å². The molecule has 136 valence electrons. The zero-order valence-electron chi connectivity index (χ0n) is 12.3. The molecule has 0 bridgehead atoms. The molecule has 1 atom stereocenters. The molecule has 10 heteroatoms. The molecule has 0 spiro atoms. The minimum atomic E-state index is -4.70. The molecular weight excluding hydrogens is 345 g/mol. The predicted molar refractivity (Wildman–Crippen MR) is 71.3 cm³/mol. The zero-order chi connectivity index (χ0) is 18.0. The first kappa shape index (κ1) is 18.8. The van der Waals surface area contributed by atoms with Gasteiger partial charge in [-0.3, -0.25) is 4.90 Å². The standard InChI is InChI=1S/C14H15F7N2O/c15-12(16)14(20,21)24-10-3-1-9(2-4-10)11(13(17,18)19)23-7-5-22-6-8-23/h1-4,11-12,22H,5-8H2/t11-/m1/s1. The molecule has 0 saturated carbocycles. The number of alkyl halides is 7. The van der Waals surface area contributed by atoms with Gasteiger partial charge in [0.25, 0.3) is 0 Å². The monoisotopic (exact) mass is 360 g/mol. The molecule has 0 unspecified atom stereocenters. The van der Waals surface area contributed by atoms with Crippen LogP contribution in [-0.4, -0.2) is 49.8 Å². The maximum Gasteiger partial charge on any atom is 0.461 e. The highest BCUT2D eigenvalue weighted by Crippen LogP contribution is 2.38. The third-order valence-corrected chi connectivity index (χ3v) is 3.53. The van der Waals surface area contributed by atoms with Crippen LogP contribution in [0, 0.1) is 0 Å². The second-order valence-corrected chi connectivity index (χ2v) is 5.26. The van der Waals surface area contributed by atoms with Crippen LogP contribution in [0.5, 0.6) is 5.75 Å². The van der Waals surface area contributed by atoms with Crippen molar-refractivity contribution < 1.29 is 35.5 Å². The van der Waals surface area contributed by atoms with E-state index < -0.39 is 30.5 Å². The van der Waals surface area contributed by atoms with Gasteiger partial charge in [-0.25, -0.2) is 0 Å². The third kappa shape index (κ3) is 4.50. The van der Waals surface area contributed by atoms with Crippen molar-refractivity contribution in [3.8, 4) is 5.75 Å². The number of ether oxygens (including phenoxy) is 1. The summed E-state index contributed by atoms with van der Waals surface area (Å²) in [6, 6.07) is 1.66. The van der Waals surface area contributed by atoms with E-state index in [1.165, 1.54) is 4.90 Å². The van der Waals surface area contributed by atoms with Crippen LogP contribution in [0.1, 0.15) is 11.6 Å². The van der Waals surface area contributed by atoms with Gasteiger partial charge in [0.2, 0.25) is 0 Å². The van der Waals surface area contributed by atoms with Crippen molar-refractivity contribution in [3.05, 3.63) is 29.8 Å². The molecule has 0 radical (unpaired) electrons. The summed E-state index contributed by atoms with van der Waals surface area (Å²) >= 11 is 0. The van der Waals surface area contributed by atoms with Gasteiger partial charge < -0.3 is 10.1 Å². The van der Waals surface area contributed by atoms with Crippen LogP contribution in [0.3, 0.4) is 0 Å². The first-order valence-corrected chi connectivity index (χ1v) is 7.07. The lowest BCUT2D eigenvalue weighted by molar-refractivity contribution is -0.253. The van der Waals surface area contributed by atoms with Crippen LogP contribution < -0.4 is 10.1 Å². The highest BCUT2D eigenvalue weighted by molar-refractivity contribution is 5.30. The fourth-order valence-corrected chi connectivity index (χ4v) is 2.47. The third-order valence-electron chi connectivity index (χ3n) is 3.53. The lowest BCUT2D eigenvalue weighted by Crippen LogP contribution is -2.49. The summed E-state index contributed by atoms with van der Waals surface area (Å²) in [5.74, 6) is -0.634. The largest absolute Gasteiger partial charge is 0.461 e. The SMILES string of the molecule is FC(F)C(F)(F)Oc1ccc([C@@H](N2CCNCC2)C(F)(F)F)cc1. The van der Waals surface area contributed by atoms with Crippen molar-refractivity contribution in [1.29, 1.82) is 0 Å². The number of benzene rings is 1. The lowest BCUT2D eigenvalue weighted by Gasteiger charge is -2.36. The van der Waals surface area contributed by atoms with Gasteiger partial charge in [-0.15, -0.1) is 0 Å². The summed E-state index contributed by atoms with van der Waals surface area (Å²) in [6.07, 6.45) is -13.3. The van der Waals surface area contributed by atoms with E-state index in [1.54, 1.807) is 0 Å². The second kappa shape index (κ2) is 7.14. The van der Waals surface area contributed by atoms with E-state index in [4.69, 9.17) is 0 Å². The average molecular weight is 360 g/mol. The summed E-state index contributed by atoms with van der Waals surface area (Å²) in [6.45, 7) is 1.14. The van der Waals surface area contributed by atoms with E-state index in [2.05, 4.69) is 10.1 Å². The Morgan fingerprint density at radius 2 is 1.50 bits per heavy atom. The van der Waals surface area contributed by atoms with Gasteiger partial charge in [0.15, 0.2) is 0 Å². The Morgan fingerprint density at radius 3 is 1.96 bits per heavy atom. The van der Waals surface area contributed by atoms with Crippen molar-refractivity contribution in [2.45, 2.75) is 24.8 Å². The zero-order valence-corrected chi connectivity index (χ0v) is 12.3. The predicted octanol–water partition coefficient (Wildman–Crippen LogP) is 3.43. The molecule has 1 aromatic rings. The van der Waals surface area contributed by atoms with E-state index in [1.807, 2.05) is 0 Å². The molecule has 3 nitrogen and oxygen atoms in total. The Hall–Kier alpha value is -1.55. The number of halogens is 7. The Morgan fingerprint density at radius 1 is 0.958 bits per heavy atom. The van der Waals surface area contributed by atoms with Crippen LogP contribution >= 0.6 is 0 Å². The van der Waals surface area contributed by atoms with Crippen LogP contribution in [0.2, 0.25) is 0 Å². The molecule has 1 fully saturated rings. The molecule has 2 rings (SSSR count). The van der Waals surface area contributed by atoms with Gasteiger partial charge >= 0.3 is 18.7 Å². The van der Waals surface area contributed by atoms with E-state index in [9.17, 15) is 30.7 Å². The maximum atomic E-state index is 13.4. The number of hydrogen-bond acceptors (Lipinski definition) is 3. The Labute approximate surface area is 133 Å². The molecular formula is C14H15F7N2O. The van der Waals surface area contributed by atoms with Gasteiger partial charge in [0, 0.05) is 26.2 Å². The smallest absolute Gasteiger partial charge is 0.428 e. The van der Waals surface area contributed by atoms with E-state index >= 15 is 0 Å². The van der Waals surface area contributed by atoms with Crippen LogP contribution in [-0.2, 0) is 0 Å². The van der Waals surface area contributed by atoms with Crippen molar-refractivity contribution in [3.63, 3.8) is 0 Å². The Bertz CT molecular complexity index is 527. The minimum absolute atomic E-state index is 0.169. The number of nitrogens with zero attached hydrogens (tertiary/aromatic N) is 1. The molecule has 24 heavy (non-hydrogen) atoms. The summed E-state index contributed by atoms with van der Waals surface area (Å²) in [5.41, 5.74) is -0.169. The Kier molecular flexibility index (Phi) is 5.59.